The van der Waals surface area contributed by atoms with Crippen molar-refractivity contribution in [3.63, 3.8) is 0 Å². The molecule has 0 aliphatic carbocycles. The quantitative estimate of drug-likeness (QED) is 0.617. The van der Waals surface area contributed by atoms with Crippen molar-refractivity contribution in [1.29, 1.82) is 0 Å². The van der Waals surface area contributed by atoms with Crippen molar-refractivity contribution in [2.75, 3.05) is 17.6 Å². The second kappa shape index (κ2) is 5.09. The van der Waals surface area contributed by atoms with Crippen LogP contribution in [0.2, 0.25) is 0 Å². The van der Waals surface area contributed by atoms with E-state index in [1.165, 1.54) is 0 Å². The lowest BCUT2D eigenvalue weighted by atomic mass is 10.1. The predicted molar refractivity (Wildman–Crippen MR) is 59.4 cm³/mol. The Morgan fingerprint density at radius 2 is 2.00 bits per heavy atom. The lowest BCUT2D eigenvalue weighted by Gasteiger charge is -2.11. The SMILES string of the molecule is Cc1c(N)cccc1NCCCC(F)(F)F. The topological polar surface area (TPSA) is 38.0 Å². The van der Waals surface area contributed by atoms with Crippen LogP contribution >= 0.6 is 0 Å². The number of hydrogen-bond acceptors (Lipinski definition) is 2. The minimum atomic E-state index is -4.08. The normalized spacial score (nSPS) is 11.5. The van der Waals surface area contributed by atoms with Crippen LogP contribution in [0.25, 0.3) is 0 Å². The maximum absolute atomic E-state index is 11.9. The first-order valence-electron chi connectivity index (χ1n) is 5.06. The highest BCUT2D eigenvalue weighted by Gasteiger charge is 2.25. The van der Waals surface area contributed by atoms with Gasteiger partial charge in [0.2, 0.25) is 0 Å². The number of halogens is 3. The molecule has 0 spiro atoms. The highest BCUT2D eigenvalue weighted by atomic mass is 19.4. The number of nitrogens with two attached hydrogens (primary N) is 1. The Morgan fingerprint density at radius 3 is 2.62 bits per heavy atom. The second-order valence-corrected chi connectivity index (χ2v) is 3.67. The molecule has 0 atom stereocenters. The van der Waals surface area contributed by atoms with Crippen molar-refractivity contribution in [2.45, 2.75) is 25.9 Å². The van der Waals surface area contributed by atoms with E-state index >= 15 is 0 Å². The Bertz CT molecular complexity index is 348. The Hall–Kier alpha value is -1.39. The van der Waals surface area contributed by atoms with Crippen molar-refractivity contribution >= 4 is 11.4 Å². The highest BCUT2D eigenvalue weighted by Crippen LogP contribution is 2.23. The molecule has 0 fully saturated rings. The van der Waals surface area contributed by atoms with Gasteiger partial charge in [-0.2, -0.15) is 13.2 Å². The van der Waals surface area contributed by atoms with Crippen LogP contribution in [-0.4, -0.2) is 12.7 Å². The maximum atomic E-state index is 11.9. The van der Waals surface area contributed by atoms with Gasteiger partial charge in [0.15, 0.2) is 0 Å². The van der Waals surface area contributed by atoms with Crippen molar-refractivity contribution in [3.05, 3.63) is 23.8 Å². The van der Waals surface area contributed by atoms with Gasteiger partial charge in [0.05, 0.1) is 0 Å². The average Bonchev–Trinajstić information content (AvgIpc) is 2.17. The van der Waals surface area contributed by atoms with Crippen LogP contribution in [0.15, 0.2) is 18.2 Å². The fraction of sp³-hybridized carbons (Fsp3) is 0.455. The van der Waals surface area contributed by atoms with Gasteiger partial charge in [0.25, 0.3) is 0 Å². The third-order valence-corrected chi connectivity index (χ3v) is 2.33. The van der Waals surface area contributed by atoms with E-state index in [0.717, 1.165) is 11.3 Å². The maximum Gasteiger partial charge on any atom is 0.389 e. The smallest absolute Gasteiger partial charge is 0.389 e. The largest absolute Gasteiger partial charge is 0.398 e. The number of nitrogen functional groups attached to an aromatic ring is 1. The molecule has 0 heterocycles. The summed E-state index contributed by atoms with van der Waals surface area (Å²) in [4.78, 5) is 0. The highest BCUT2D eigenvalue weighted by molar-refractivity contribution is 5.62. The van der Waals surface area contributed by atoms with Crippen LogP contribution in [0, 0.1) is 6.92 Å². The van der Waals surface area contributed by atoms with Crippen LogP contribution in [-0.2, 0) is 0 Å². The van der Waals surface area contributed by atoms with Gasteiger partial charge >= 0.3 is 6.18 Å². The molecule has 3 N–H and O–H groups in total. The molecule has 1 aromatic rings. The van der Waals surface area contributed by atoms with Crippen LogP contribution in [0.3, 0.4) is 0 Å². The Kier molecular flexibility index (Phi) is 4.04. The van der Waals surface area contributed by atoms with Crippen molar-refractivity contribution in [1.82, 2.24) is 0 Å². The summed E-state index contributed by atoms with van der Waals surface area (Å²) in [6.45, 7) is 2.13. The molecule has 0 amide bonds. The fourth-order valence-electron chi connectivity index (χ4n) is 1.36. The van der Waals surface area contributed by atoms with Crippen LogP contribution in [0.1, 0.15) is 18.4 Å². The van der Waals surface area contributed by atoms with Gasteiger partial charge in [-0.3, -0.25) is 0 Å². The predicted octanol–water partition coefficient (Wildman–Crippen LogP) is 3.33. The number of anilines is 2. The minimum Gasteiger partial charge on any atom is -0.398 e. The molecule has 1 aromatic carbocycles. The number of rotatable bonds is 4. The number of nitrogens with one attached hydrogen (secondary N) is 1. The van der Waals surface area contributed by atoms with E-state index in [4.69, 9.17) is 5.73 Å². The summed E-state index contributed by atoms with van der Waals surface area (Å²) in [5, 5.41) is 2.95. The molecule has 5 heteroatoms. The van der Waals surface area contributed by atoms with E-state index in [-0.39, 0.29) is 6.42 Å². The zero-order valence-corrected chi connectivity index (χ0v) is 9.06. The molecular formula is C11H15F3N2. The molecule has 0 aliphatic heterocycles. The average molecular weight is 232 g/mol. The fourth-order valence-corrected chi connectivity index (χ4v) is 1.36. The van der Waals surface area contributed by atoms with Gasteiger partial charge in [-0.15, -0.1) is 0 Å². The van der Waals surface area contributed by atoms with E-state index in [0.29, 0.717) is 12.2 Å². The molecule has 0 saturated heterocycles. The summed E-state index contributed by atoms with van der Waals surface area (Å²) in [6, 6.07) is 5.34. The Morgan fingerprint density at radius 1 is 1.31 bits per heavy atom. The van der Waals surface area contributed by atoms with Crippen LogP contribution in [0.5, 0.6) is 0 Å². The molecule has 90 valence electrons. The molecule has 2 nitrogen and oxygen atoms in total. The van der Waals surface area contributed by atoms with Gasteiger partial charge in [0, 0.05) is 24.3 Å². The standard InChI is InChI=1S/C11H15F3N2/c1-8-9(15)4-2-5-10(8)16-7-3-6-11(12,13)14/h2,4-5,16H,3,6-7,15H2,1H3. The molecule has 1 rings (SSSR count). The van der Waals surface area contributed by atoms with Crippen molar-refractivity contribution in [3.8, 4) is 0 Å². The summed E-state index contributed by atoms with van der Waals surface area (Å²) >= 11 is 0. The van der Waals surface area contributed by atoms with E-state index in [1.807, 2.05) is 6.92 Å². The van der Waals surface area contributed by atoms with Crippen molar-refractivity contribution < 1.29 is 13.2 Å². The number of hydrogen-bond donors (Lipinski definition) is 2. The summed E-state index contributed by atoms with van der Waals surface area (Å²) in [5.74, 6) is 0. The molecule has 0 unspecified atom stereocenters. The van der Waals surface area contributed by atoms with Gasteiger partial charge in [-0.1, -0.05) is 6.07 Å². The molecule has 16 heavy (non-hydrogen) atoms. The summed E-state index contributed by atoms with van der Waals surface area (Å²) in [5.41, 5.74) is 7.98. The molecule has 0 aliphatic rings. The third-order valence-electron chi connectivity index (χ3n) is 2.33. The third kappa shape index (κ3) is 4.00. The van der Waals surface area contributed by atoms with E-state index < -0.39 is 12.6 Å². The van der Waals surface area contributed by atoms with Gasteiger partial charge in [-0.05, 0) is 31.0 Å². The Labute approximate surface area is 92.6 Å². The monoisotopic (exact) mass is 232 g/mol. The van der Waals surface area contributed by atoms with Crippen LogP contribution in [0.4, 0.5) is 24.5 Å². The molecular weight excluding hydrogens is 217 g/mol. The van der Waals surface area contributed by atoms with Gasteiger partial charge in [-0.25, -0.2) is 0 Å². The van der Waals surface area contributed by atoms with Gasteiger partial charge in [0.1, 0.15) is 0 Å². The zero-order chi connectivity index (χ0) is 12.2. The molecule has 0 bridgehead atoms. The van der Waals surface area contributed by atoms with E-state index in [1.54, 1.807) is 18.2 Å². The van der Waals surface area contributed by atoms with E-state index in [9.17, 15) is 13.2 Å². The van der Waals surface area contributed by atoms with Crippen molar-refractivity contribution in [2.24, 2.45) is 0 Å². The van der Waals surface area contributed by atoms with Gasteiger partial charge < -0.3 is 11.1 Å². The first-order valence-corrected chi connectivity index (χ1v) is 5.06. The molecule has 0 radical (unpaired) electrons. The molecule has 0 aromatic heterocycles. The summed E-state index contributed by atoms with van der Waals surface area (Å²) < 4.78 is 35.6. The van der Waals surface area contributed by atoms with Crippen LogP contribution < -0.4 is 11.1 Å². The zero-order valence-electron chi connectivity index (χ0n) is 9.06. The number of benzene rings is 1. The Balaban J connectivity index is 2.41. The minimum absolute atomic E-state index is 0.0672. The lowest BCUT2D eigenvalue weighted by molar-refractivity contribution is -0.134. The second-order valence-electron chi connectivity index (χ2n) is 3.67. The first-order chi connectivity index (χ1) is 7.40. The van der Waals surface area contributed by atoms with E-state index in [2.05, 4.69) is 5.32 Å². The molecule has 0 saturated carbocycles. The lowest BCUT2D eigenvalue weighted by Crippen LogP contribution is -2.11. The first kappa shape index (κ1) is 12.7. The summed E-state index contributed by atoms with van der Waals surface area (Å²) in [6.07, 6.45) is -4.77. The summed E-state index contributed by atoms with van der Waals surface area (Å²) in [7, 11) is 0. The number of alkyl halides is 3.